The lowest BCUT2D eigenvalue weighted by Crippen LogP contribution is -2.16. The molecule has 1 atom stereocenters. The molecule has 10 heteroatoms. The normalized spacial score (nSPS) is 15.8. The van der Waals surface area contributed by atoms with Gasteiger partial charge in [0, 0.05) is 23.9 Å². The number of esters is 1. The van der Waals surface area contributed by atoms with Crippen LogP contribution in [-0.2, 0) is 21.8 Å². The minimum atomic E-state index is -0.349. The van der Waals surface area contributed by atoms with E-state index in [0.717, 1.165) is 51.1 Å². The van der Waals surface area contributed by atoms with Crippen molar-refractivity contribution in [1.29, 1.82) is 0 Å². The summed E-state index contributed by atoms with van der Waals surface area (Å²) < 4.78 is 12.9. The number of hydrogen-bond acceptors (Lipinski definition) is 9. The summed E-state index contributed by atoms with van der Waals surface area (Å²) in [6.45, 7) is 1.41. The number of carbonyl (C=O) groups excluding carboxylic acids is 1. The third-order valence-corrected chi connectivity index (χ3v) is 7.76. The Bertz CT molecular complexity index is 1300. The average molecular weight is 482 g/mol. The van der Waals surface area contributed by atoms with Crippen molar-refractivity contribution in [3.8, 4) is 10.7 Å². The van der Waals surface area contributed by atoms with Gasteiger partial charge in [0.25, 0.3) is 0 Å². The summed E-state index contributed by atoms with van der Waals surface area (Å²) in [7, 11) is 1.39. The number of carbonyl (C=O) groups is 1. The van der Waals surface area contributed by atoms with Gasteiger partial charge in [-0.1, -0.05) is 30.0 Å². The fourth-order valence-electron chi connectivity index (χ4n) is 3.93. The molecule has 1 aliphatic heterocycles. The summed E-state index contributed by atoms with van der Waals surface area (Å²) >= 11 is 3.04. The van der Waals surface area contributed by atoms with Crippen molar-refractivity contribution in [3.63, 3.8) is 0 Å². The highest BCUT2D eigenvalue weighted by Crippen LogP contribution is 2.40. The van der Waals surface area contributed by atoms with Gasteiger partial charge in [0.05, 0.1) is 35.9 Å². The van der Waals surface area contributed by atoms with E-state index in [2.05, 4.69) is 19.7 Å². The summed E-state index contributed by atoms with van der Waals surface area (Å²) in [6.07, 6.45) is 3.91. The van der Waals surface area contributed by atoms with Crippen LogP contribution in [0.3, 0.4) is 0 Å². The molecule has 0 unspecified atom stereocenters. The van der Waals surface area contributed by atoms with Crippen molar-refractivity contribution in [1.82, 2.24) is 19.7 Å². The zero-order chi connectivity index (χ0) is 22.8. The van der Waals surface area contributed by atoms with Crippen LogP contribution in [0.4, 0.5) is 5.69 Å². The Labute approximate surface area is 199 Å². The lowest BCUT2D eigenvalue weighted by Gasteiger charge is -2.15. The van der Waals surface area contributed by atoms with Crippen LogP contribution >= 0.6 is 23.1 Å². The second-order valence-corrected chi connectivity index (χ2v) is 9.63. The van der Waals surface area contributed by atoms with Crippen molar-refractivity contribution >= 4 is 45.0 Å². The number of ether oxygens (including phenoxy) is 2. The first-order chi connectivity index (χ1) is 16.2. The van der Waals surface area contributed by atoms with Crippen molar-refractivity contribution in [2.75, 3.05) is 19.5 Å². The maximum absolute atomic E-state index is 12.2. The number of fused-ring (bicyclic) bond motifs is 1. The zero-order valence-electron chi connectivity index (χ0n) is 18.1. The van der Waals surface area contributed by atoms with Crippen LogP contribution in [0.2, 0.25) is 0 Å². The molecule has 0 saturated carbocycles. The highest BCUT2D eigenvalue weighted by molar-refractivity contribution is 7.98. The summed E-state index contributed by atoms with van der Waals surface area (Å²) in [5, 5.41) is 10.7. The number of nitrogens with zero attached hydrogens (tertiary/aromatic N) is 4. The van der Waals surface area contributed by atoms with Crippen LogP contribution in [0.1, 0.15) is 28.8 Å². The molecular formula is C23H23N5O3S2. The third kappa shape index (κ3) is 4.33. The van der Waals surface area contributed by atoms with Gasteiger partial charge in [0.2, 0.25) is 0 Å². The molecule has 3 aromatic heterocycles. The molecule has 1 fully saturated rings. The molecule has 1 aromatic carbocycles. The first-order valence-electron chi connectivity index (χ1n) is 10.6. The third-order valence-electron chi connectivity index (χ3n) is 5.61. The Morgan fingerprint density at radius 3 is 2.97 bits per heavy atom. The van der Waals surface area contributed by atoms with Crippen LogP contribution in [0.15, 0.2) is 47.8 Å². The molecule has 1 aliphatic rings. The van der Waals surface area contributed by atoms with Gasteiger partial charge < -0.3 is 15.2 Å². The molecule has 0 radical (unpaired) electrons. The van der Waals surface area contributed by atoms with Crippen molar-refractivity contribution in [2.45, 2.75) is 36.4 Å². The Morgan fingerprint density at radius 1 is 1.30 bits per heavy atom. The van der Waals surface area contributed by atoms with E-state index in [1.807, 2.05) is 30.3 Å². The lowest BCUT2D eigenvalue weighted by molar-refractivity contribution is 0.0600. The van der Waals surface area contributed by atoms with E-state index >= 15 is 0 Å². The van der Waals surface area contributed by atoms with Gasteiger partial charge >= 0.3 is 5.97 Å². The standard InChI is InChI=1S/C23H23N5O3S2/c1-30-22(29)16-8-3-2-6-14(16)13-32-23-27-26-20(28(23)12-15-7-5-11-31-15)19-18(24)17-9-4-10-25-21(17)33-19/h2-4,6,8-10,15H,5,7,11-13,24H2,1H3/t15-/m1/s1. The number of pyridine rings is 1. The van der Waals surface area contributed by atoms with Gasteiger partial charge in [-0.15, -0.1) is 21.5 Å². The van der Waals surface area contributed by atoms with Crippen LogP contribution < -0.4 is 5.73 Å². The molecule has 170 valence electrons. The summed E-state index contributed by atoms with van der Waals surface area (Å²) in [5.74, 6) is 0.922. The van der Waals surface area contributed by atoms with Gasteiger partial charge in [-0.2, -0.15) is 0 Å². The number of nitrogen functional groups attached to an aromatic ring is 1. The molecule has 1 saturated heterocycles. The molecule has 4 aromatic rings. The average Bonchev–Trinajstić information content (AvgIpc) is 3.58. The van der Waals surface area contributed by atoms with Crippen LogP contribution in [-0.4, -0.2) is 45.5 Å². The van der Waals surface area contributed by atoms with Gasteiger partial charge in [-0.05, 0) is 36.6 Å². The highest BCUT2D eigenvalue weighted by atomic mass is 32.2. The van der Waals surface area contributed by atoms with Crippen LogP contribution in [0, 0.1) is 0 Å². The number of nitrogens with two attached hydrogens (primary N) is 1. The largest absolute Gasteiger partial charge is 0.465 e. The Hall–Kier alpha value is -2.95. The number of rotatable bonds is 7. The fraction of sp³-hybridized carbons (Fsp3) is 0.304. The molecule has 33 heavy (non-hydrogen) atoms. The predicted octanol–water partition coefficient (Wildman–Crippen LogP) is 4.39. The molecule has 0 bridgehead atoms. The van der Waals surface area contributed by atoms with E-state index < -0.39 is 0 Å². The molecule has 8 nitrogen and oxygen atoms in total. The van der Waals surface area contributed by atoms with E-state index in [1.165, 1.54) is 30.2 Å². The molecule has 4 heterocycles. The summed E-state index contributed by atoms with van der Waals surface area (Å²) in [6, 6.07) is 11.3. The number of hydrogen-bond donors (Lipinski definition) is 1. The van der Waals surface area contributed by atoms with Crippen molar-refractivity contribution in [3.05, 3.63) is 53.7 Å². The first kappa shape index (κ1) is 21.9. The van der Waals surface area contributed by atoms with Crippen molar-refractivity contribution < 1.29 is 14.3 Å². The molecule has 0 spiro atoms. The lowest BCUT2D eigenvalue weighted by atomic mass is 10.1. The predicted molar refractivity (Wildman–Crippen MR) is 129 cm³/mol. The molecule has 0 amide bonds. The molecular weight excluding hydrogens is 458 g/mol. The molecule has 0 aliphatic carbocycles. The van der Waals surface area contributed by atoms with E-state index in [4.69, 9.17) is 15.2 Å². The van der Waals surface area contributed by atoms with E-state index in [9.17, 15) is 4.79 Å². The SMILES string of the molecule is COC(=O)c1ccccc1CSc1nnc(-c2sc3ncccc3c2N)n1C[C@H]1CCCO1. The number of thiophene rings is 1. The second kappa shape index (κ2) is 9.50. The minimum Gasteiger partial charge on any atom is -0.465 e. The number of thioether (sulfide) groups is 1. The van der Waals surface area contributed by atoms with E-state index in [0.29, 0.717) is 23.5 Å². The Morgan fingerprint density at radius 2 is 2.18 bits per heavy atom. The molecule has 5 rings (SSSR count). The quantitative estimate of drug-likeness (QED) is 0.306. The number of anilines is 1. The topological polar surface area (TPSA) is 105 Å². The Kier molecular flexibility index (Phi) is 6.30. The maximum atomic E-state index is 12.2. The monoisotopic (exact) mass is 481 g/mol. The van der Waals surface area contributed by atoms with Crippen LogP contribution in [0.5, 0.6) is 0 Å². The fourth-order valence-corrected chi connectivity index (χ4v) is 5.94. The van der Waals surface area contributed by atoms with Crippen LogP contribution in [0.25, 0.3) is 20.9 Å². The first-order valence-corrected chi connectivity index (χ1v) is 12.4. The van der Waals surface area contributed by atoms with E-state index in [1.54, 1.807) is 12.3 Å². The number of benzene rings is 1. The second-order valence-electron chi connectivity index (χ2n) is 7.69. The van der Waals surface area contributed by atoms with Crippen molar-refractivity contribution in [2.24, 2.45) is 0 Å². The Balaban J connectivity index is 1.50. The highest BCUT2D eigenvalue weighted by Gasteiger charge is 2.25. The summed E-state index contributed by atoms with van der Waals surface area (Å²) in [5.41, 5.74) is 8.59. The van der Waals surface area contributed by atoms with Gasteiger partial charge in [0.1, 0.15) is 4.83 Å². The van der Waals surface area contributed by atoms with Gasteiger partial charge in [-0.3, -0.25) is 4.57 Å². The maximum Gasteiger partial charge on any atom is 0.338 e. The number of aromatic nitrogens is 4. The smallest absolute Gasteiger partial charge is 0.338 e. The minimum absolute atomic E-state index is 0.107. The number of methoxy groups -OCH3 is 1. The van der Waals surface area contributed by atoms with Gasteiger partial charge in [-0.25, -0.2) is 9.78 Å². The summed E-state index contributed by atoms with van der Waals surface area (Å²) in [4.78, 5) is 18.3. The van der Waals surface area contributed by atoms with Gasteiger partial charge in [0.15, 0.2) is 11.0 Å². The van der Waals surface area contributed by atoms with E-state index in [-0.39, 0.29) is 12.1 Å². The zero-order valence-corrected chi connectivity index (χ0v) is 19.7. The molecule has 2 N–H and O–H groups in total.